The van der Waals surface area contributed by atoms with Gasteiger partial charge in [0, 0.05) is 43.2 Å². The first-order valence-electron chi connectivity index (χ1n) is 13.6. The van der Waals surface area contributed by atoms with E-state index in [1.54, 1.807) is 11.8 Å². The lowest BCUT2D eigenvalue weighted by Gasteiger charge is -2.43. The summed E-state index contributed by atoms with van der Waals surface area (Å²) < 4.78 is 33.6. The average Bonchev–Trinajstić information content (AvgIpc) is 3.34. The maximum atomic E-state index is 15.6. The van der Waals surface area contributed by atoms with Crippen LogP contribution in [0.2, 0.25) is 0 Å². The summed E-state index contributed by atoms with van der Waals surface area (Å²) in [7, 11) is 1.58. The number of methoxy groups -OCH3 is 1. The standard InChI is InChI=1S/C28H37FN6O3/c1-19-10-20(2)22(23-4-7-33(13-24(23)29)21-14-37-15-21)5-8-35(30-12-19)26-11-25(31-27(32-26)36-3)34-9-6-28(16-34)17-38-18-28/h5,8,10-12,21,23-24H,4,6-7,9,13-18H2,1-3H3. The molecule has 2 atom stereocenters. The van der Waals surface area contributed by atoms with Crippen molar-refractivity contribution in [2.45, 2.75) is 44.8 Å². The van der Waals surface area contributed by atoms with E-state index >= 15 is 4.39 Å². The molecule has 2 aromatic rings. The number of rotatable bonds is 5. The minimum Gasteiger partial charge on any atom is -0.467 e. The van der Waals surface area contributed by atoms with Gasteiger partial charge in [0.2, 0.25) is 0 Å². The van der Waals surface area contributed by atoms with E-state index in [0.29, 0.717) is 37.6 Å². The number of aryl methyl sites for hydroxylation is 2. The summed E-state index contributed by atoms with van der Waals surface area (Å²) in [5.41, 5.74) is 3.29. The van der Waals surface area contributed by atoms with E-state index in [-0.39, 0.29) is 11.3 Å². The Morgan fingerprint density at radius 3 is 2.55 bits per heavy atom. The summed E-state index contributed by atoms with van der Waals surface area (Å²) in [5, 5.41) is 4.71. The fourth-order valence-corrected chi connectivity index (χ4v) is 6.06. The van der Waals surface area contributed by atoms with Gasteiger partial charge < -0.3 is 19.1 Å². The lowest BCUT2D eigenvalue weighted by atomic mass is 9.85. The molecule has 10 heteroatoms. The second-order valence-electron chi connectivity index (χ2n) is 11.3. The molecule has 1 spiro atoms. The maximum Gasteiger partial charge on any atom is 0.320 e. The van der Waals surface area contributed by atoms with E-state index in [2.05, 4.69) is 32.8 Å². The first kappa shape index (κ1) is 25.5. The number of nitrogens with zero attached hydrogens (tertiary/aromatic N) is 6. The van der Waals surface area contributed by atoms with Crippen LogP contribution < -0.4 is 9.64 Å². The number of anilines is 1. The second kappa shape index (κ2) is 10.4. The van der Waals surface area contributed by atoms with Gasteiger partial charge in [0.25, 0.3) is 0 Å². The summed E-state index contributed by atoms with van der Waals surface area (Å²) >= 11 is 0. The molecule has 0 bridgehead atoms. The van der Waals surface area contributed by atoms with Crippen LogP contribution in [0.4, 0.5) is 10.2 Å². The van der Waals surface area contributed by atoms with E-state index in [1.165, 1.54) is 0 Å². The van der Waals surface area contributed by atoms with Crippen LogP contribution in [-0.4, -0.2) is 96.6 Å². The number of halogens is 1. The zero-order chi connectivity index (χ0) is 26.3. The highest BCUT2D eigenvalue weighted by Gasteiger charge is 2.45. The van der Waals surface area contributed by atoms with Crippen LogP contribution in [0.5, 0.6) is 6.01 Å². The van der Waals surface area contributed by atoms with Crippen LogP contribution in [0.25, 0.3) is 5.82 Å². The van der Waals surface area contributed by atoms with Gasteiger partial charge in [-0.25, -0.2) is 9.07 Å². The molecular weight excluding hydrogens is 487 g/mol. The fourth-order valence-electron chi connectivity index (χ4n) is 6.06. The molecule has 0 saturated carbocycles. The minimum atomic E-state index is -0.938. The van der Waals surface area contributed by atoms with Gasteiger partial charge in [-0.15, -0.1) is 0 Å². The monoisotopic (exact) mass is 524 g/mol. The minimum absolute atomic E-state index is 0.173. The highest BCUT2D eigenvalue weighted by Crippen LogP contribution is 2.39. The van der Waals surface area contributed by atoms with Gasteiger partial charge in [0.1, 0.15) is 12.0 Å². The van der Waals surface area contributed by atoms with Crippen molar-refractivity contribution in [1.29, 1.82) is 0 Å². The Kier molecular flexibility index (Phi) is 6.96. The smallest absolute Gasteiger partial charge is 0.320 e. The summed E-state index contributed by atoms with van der Waals surface area (Å²) in [6, 6.07) is 6.69. The van der Waals surface area contributed by atoms with Gasteiger partial charge in [-0.2, -0.15) is 15.1 Å². The van der Waals surface area contributed by atoms with Gasteiger partial charge >= 0.3 is 6.01 Å². The maximum absolute atomic E-state index is 15.6. The van der Waals surface area contributed by atoms with E-state index < -0.39 is 6.17 Å². The van der Waals surface area contributed by atoms with Gasteiger partial charge in [-0.3, -0.25) is 4.90 Å². The van der Waals surface area contributed by atoms with Crippen molar-refractivity contribution in [3.05, 3.63) is 47.3 Å². The molecule has 6 heterocycles. The lowest BCUT2D eigenvalue weighted by molar-refractivity contribution is -0.0985. The molecule has 2 unspecified atom stereocenters. The van der Waals surface area contributed by atoms with Crippen LogP contribution in [0.3, 0.4) is 0 Å². The van der Waals surface area contributed by atoms with Crippen LogP contribution in [0.1, 0.15) is 35.4 Å². The largest absolute Gasteiger partial charge is 0.467 e. The van der Waals surface area contributed by atoms with E-state index in [4.69, 9.17) is 19.3 Å². The molecule has 38 heavy (non-hydrogen) atoms. The normalized spacial score (nSPS) is 25.1. The van der Waals surface area contributed by atoms with Crippen LogP contribution in [0, 0.1) is 19.3 Å². The highest BCUT2D eigenvalue weighted by molar-refractivity contribution is 5.47. The molecule has 0 aromatic carbocycles. The summed E-state index contributed by atoms with van der Waals surface area (Å²) in [4.78, 5) is 13.8. The zero-order valence-electron chi connectivity index (χ0n) is 22.5. The Balaban J connectivity index is 1.33. The first-order chi connectivity index (χ1) is 18.4. The van der Waals surface area contributed by atoms with Crippen molar-refractivity contribution in [2.75, 3.05) is 64.6 Å². The van der Waals surface area contributed by atoms with Crippen molar-refractivity contribution in [1.82, 2.24) is 24.6 Å². The average molecular weight is 525 g/mol. The number of likely N-dealkylation sites (tertiary alicyclic amines) is 1. The Morgan fingerprint density at radius 1 is 1.08 bits per heavy atom. The predicted molar refractivity (Wildman–Crippen MR) is 141 cm³/mol. The van der Waals surface area contributed by atoms with Crippen molar-refractivity contribution in [2.24, 2.45) is 5.41 Å². The summed E-state index contributed by atoms with van der Waals surface area (Å²) in [5.74, 6) is 1.25. The Hall–Kier alpha value is -2.82. The summed E-state index contributed by atoms with van der Waals surface area (Å²) in [6.45, 7) is 10.3. The lowest BCUT2D eigenvalue weighted by Crippen LogP contribution is -2.54. The predicted octanol–water partition coefficient (Wildman–Crippen LogP) is 3.17. The molecular formula is C28H37FN6O3. The molecule has 0 N–H and O–H groups in total. The third kappa shape index (κ3) is 4.97. The number of hydrogen-bond acceptors (Lipinski definition) is 8. The van der Waals surface area contributed by atoms with E-state index in [9.17, 15) is 0 Å². The number of alkyl halides is 1. The molecule has 4 aliphatic rings. The van der Waals surface area contributed by atoms with Crippen molar-refractivity contribution >= 4 is 5.82 Å². The van der Waals surface area contributed by atoms with E-state index in [0.717, 1.165) is 68.2 Å². The summed E-state index contributed by atoms with van der Waals surface area (Å²) in [6.07, 6.45) is 4.62. The van der Waals surface area contributed by atoms with E-state index in [1.807, 2.05) is 31.5 Å². The molecule has 0 aliphatic carbocycles. The van der Waals surface area contributed by atoms with Gasteiger partial charge in [-0.1, -0.05) is 6.07 Å². The van der Waals surface area contributed by atoms with Gasteiger partial charge in [0.15, 0.2) is 5.82 Å². The molecule has 204 valence electrons. The number of ether oxygens (including phenoxy) is 3. The van der Waals surface area contributed by atoms with Gasteiger partial charge in [0.05, 0.1) is 45.8 Å². The topological polar surface area (TPSA) is 77.8 Å². The van der Waals surface area contributed by atoms with Crippen molar-refractivity contribution < 1.29 is 18.6 Å². The molecule has 4 saturated heterocycles. The number of hydrogen-bond donors (Lipinski definition) is 0. The van der Waals surface area contributed by atoms with Crippen LogP contribution in [-0.2, 0) is 9.47 Å². The number of aromatic nitrogens is 4. The van der Waals surface area contributed by atoms with Crippen molar-refractivity contribution in [3.63, 3.8) is 0 Å². The molecule has 4 fully saturated rings. The second-order valence-corrected chi connectivity index (χ2v) is 11.3. The molecule has 9 nitrogen and oxygen atoms in total. The fraction of sp³-hybridized carbons (Fsp3) is 0.607. The molecule has 0 radical (unpaired) electrons. The Morgan fingerprint density at radius 2 is 1.89 bits per heavy atom. The third-order valence-electron chi connectivity index (χ3n) is 8.46. The molecule has 2 aromatic heterocycles. The zero-order valence-corrected chi connectivity index (χ0v) is 22.5. The van der Waals surface area contributed by atoms with Crippen molar-refractivity contribution in [3.8, 4) is 11.8 Å². The van der Waals surface area contributed by atoms with Gasteiger partial charge in [-0.05, 0) is 56.0 Å². The molecule has 6 rings (SSSR count). The first-order valence-corrected chi connectivity index (χ1v) is 13.6. The number of piperidine rings is 1. The third-order valence-corrected chi connectivity index (χ3v) is 8.46. The molecule has 0 amide bonds. The Labute approximate surface area is 223 Å². The van der Waals surface area contributed by atoms with Crippen LogP contribution >= 0.6 is 0 Å². The SMILES string of the molecule is COc1nc(N2CCC3(COC3)C2)cc(-n2ccc(C3CCN(C4COC4)CC3F)c(C)cc(C)cn2)n1. The molecule has 4 aliphatic heterocycles. The Bertz CT molecular complexity index is 1230. The highest BCUT2D eigenvalue weighted by atomic mass is 19.1. The van der Waals surface area contributed by atoms with Crippen LogP contribution in [0.15, 0.2) is 30.6 Å². The quantitative estimate of drug-likeness (QED) is 0.591.